The number of ether oxygens (including phenoxy) is 2. The van der Waals surface area contributed by atoms with E-state index in [0.717, 1.165) is 11.3 Å². The van der Waals surface area contributed by atoms with E-state index in [1.165, 1.54) is 0 Å². The molecule has 180 valence electrons. The van der Waals surface area contributed by atoms with Crippen molar-refractivity contribution in [3.63, 3.8) is 0 Å². The van der Waals surface area contributed by atoms with Crippen molar-refractivity contribution in [3.8, 4) is 11.5 Å². The van der Waals surface area contributed by atoms with Gasteiger partial charge in [-0.2, -0.15) is 0 Å². The van der Waals surface area contributed by atoms with Crippen molar-refractivity contribution in [1.82, 2.24) is 10.0 Å². The number of amides is 1. The van der Waals surface area contributed by atoms with Crippen LogP contribution in [0.25, 0.3) is 0 Å². The minimum Gasteiger partial charge on any atom is -0.493 e. The van der Waals surface area contributed by atoms with E-state index in [1.54, 1.807) is 21.1 Å². The Balaban J connectivity index is 1.58. The third kappa shape index (κ3) is 6.61. The molecule has 2 aromatic rings. The molecule has 2 aromatic carbocycles. The van der Waals surface area contributed by atoms with E-state index >= 15 is 0 Å². The Labute approximate surface area is 196 Å². The molecule has 0 saturated carbocycles. The van der Waals surface area contributed by atoms with Crippen LogP contribution in [0, 0.1) is 0 Å². The molecule has 0 bridgehead atoms. The molecule has 3 rings (SSSR count). The summed E-state index contributed by atoms with van der Waals surface area (Å²) in [7, 11) is -0.0144. The Kier molecular flexibility index (Phi) is 8.57. The van der Waals surface area contributed by atoms with Crippen LogP contribution in [-0.2, 0) is 16.4 Å². The molecule has 0 aliphatic carbocycles. The predicted molar refractivity (Wildman–Crippen MR) is 130 cm³/mol. The molecule has 9 heteroatoms. The van der Waals surface area contributed by atoms with Gasteiger partial charge in [-0.15, -0.1) is 0 Å². The van der Waals surface area contributed by atoms with Crippen LogP contribution in [0.2, 0.25) is 0 Å². The first-order chi connectivity index (χ1) is 15.9. The maximum absolute atomic E-state index is 12.9. The Bertz CT molecular complexity index is 1050. The molecule has 2 N–H and O–H groups in total. The molecule has 1 saturated heterocycles. The third-order valence-electron chi connectivity index (χ3n) is 5.86. The van der Waals surface area contributed by atoms with Crippen molar-refractivity contribution >= 4 is 21.6 Å². The Hall–Kier alpha value is -2.78. The summed E-state index contributed by atoms with van der Waals surface area (Å²) in [4.78, 5) is 15.1. The van der Waals surface area contributed by atoms with E-state index in [4.69, 9.17) is 9.47 Å². The molecule has 0 spiro atoms. The number of sulfonamides is 1. The number of methoxy groups -OCH3 is 2. The second kappa shape index (κ2) is 11.4. The van der Waals surface area contributed by atoms with Gasteiger partial charge in [0.05, 0.1) is 25.5 Å². The first-order valence-corrected chi connectivity index (χ1v) is 12.8. The number of anilines is 1. The van der Waals surface area contributed by atoms with E-state index in [9.17, 15) is 13.2 Å². The van der Waals surface area contributed by atoms with Crippen LogP contribution < -0.4 is 24.4 Å². The monoisotopic (exact) mass is 475 g/mol. The summed E-state index contributed by atoms with van der Waals surface area (Å²) in [5, 5.41) is 3.01. The fourth-order valence-electron chi connectivity index (χ4n) is 3.97. The van der Waals surface area contributed by atoms with Crippen LogP contribution in [0.3, 0.4) is 0 Å². The van der Waals surface area contributed by atoms with Gasteiger partial charge in [0.15, 0.2) is 11.5 Å². The summed E-state index contributed by atoms with van der Waals surface area (Å²) in [6, 6.07) is 13.2. The zero-order valence-corrected chi connectivity index (χ0v) is 20.3. The molecule has 33 heavy (non-hydrogen) atoms. The minimum atomic E-state index is -3.21. The lowest BCUT2D eigenvalue weighted by atomic mass is 10.0. The lowest BCUT2D eigenvalue weighted by molar-refractivity contribution is 0.0954. The molecule has 1 amide bonds. The van der Waals surface area contributed by atoms with Gasteiger partial charge in [0.2, 0.25) is 10.0 Å². The SMILES string of the molecule is CCS(=O)(=O)NC1CCN(c2ccccc2C(=O)NCCc2ccc(OC)c(OC)c2)CC1. The number of nitrogens with zero attached hydrogens (tertiary/aromatic N) is 1. The molecule has 1 aliphatic heterocycles. The number of benzene rings is 2. The average Bonchev–Trinajstić information content (AvgIpc) is 2.84. The molecule has 8 nitrogen and oxygen atoms in total. The van der Waals surface area contributed by atoms with Crippen LogP contribution in [0.1, 0.15) is 35.7 Å². The summed E-state index contributed by atoms with van der Waals surface area (Å²) < 4.78 is 37.1. The topological polar surface area (TPSA) is 97.0 Å². The second-order valence-corrected chi connectivity index (χ2v) is 10.0. The van der Waals surface area contributed by atoms with E-state index in [0.29, 0.717) is 56.0 Å². The summed E-state index contributed by atoms with van der Waals surface area (Å²) in [6.07, 6.45) is 2.07. The zero-order valence-electron chi connectivity index (χ0n) is 19.5. The van der Waals surface area contributed by atoms with Crippen molar-refractivity contribution < 1.29 is 22.7 Å². The molecule has 1 aliphatic rings. The van der Waals surface area contributed by atoms with Crippen LogP contribution >= 0.6 is 0 Å². The normalized spacial score (nSPS) is 14.7. The van der Waals surface area contributed by atoms with Crippen LogP contribution in [0.4, 0.5) is 5.69 Å². The van der Waals surface area contributed by atoms with Crippen molar-refractivity contribution in [2.45, 2.75) is 32.2 Å². The summed E-state index contributed by atoms with van der Waals surface area (Å²) >= 11 is 0. The number of carbonyl (C=O) groups is 1. The molecule has 1 fully saturated rings. The number of carbonyl (C=O) groups excluding carboxylic acids is 1. The fraction of sp³-hybridized carbons (Fsp3) is 0.458. The van der Waals surface area contributed by atoms with Crippen molar-refractivity contribution in [2.24, 2.45) is 0 Å². The number of hydrogen-bond acceptors (Lipinski definition) is 6. The second-order valence-electron chi connectivity index (χ2n) is 7.99. The molecule has 1 heterocycles. The largest absolute Gasteiger partial charge is 0.493 e. The number of rotatable bonds is 10. The van der Waals surface area contributed by atoms with Gasteiger partial charge in [0.25, 0.3) is 5.91 Å². The highest BCUT2D eigenvalue weighted by Gasteiger charge is 2.25. The summed E-state index contributed by atoms with van der Waals surface area (Å²) in [5.41, 5.74) is 2.54. The van der Waals surface area contributed by atoms with E-state index in [-0.39, 0.29) is 17.7 Å². The van der Waals surface area contributed by atoms with Crippen molar-refractivity contribution in [1.29, 1.82) is 0 Å². The number of para-hydroxylation sites is 1. The number of nitrogens with one attached hydrogen (secondary N) is 2. The fourth-order valence-corrected chi connectivity index (χ4v) is 4.88. The minimum absolute atomic E-state index is 0.0614. The van der Waals surface area contributed by atoms with Gasteiger partial charge in [0, 0.05) is 31.4 Å². The van der Waals surface area contributed by atoms with Gasteiger partial charge in [-0.1, -0.05) is 18.2 Å². The van der Waals surface area contributed by atoms with E-state index in [1.807, 2.05) is 42.5 Å². The lowest BCUT2D eigenvalue weighted by Crippen LogP contribution is -2.45. The zero-order chi connectivity index (χ0) is 23.8. The van der Waals surface area contributed by atoms with Crippen LogP contribution in [0.15, 0.2) is 42.5 Å². The Morgan fingerprint density at radius 1 is 1.06 bits per heavy atom. The van der Waals surface area contributed by atoms with Crippen LogP contribution in [-0.4, -0.2) is 60.0 Å². The molecule has 0 atom stereocenters. The van der Waals surface area contributed by atoms with Gasteiger partial charge in [0.1, 0.15) is 0 Å². The van der Waals surface area contributed by atoms with Crippen LogP contribution in [0.5, 0.6) is 11.5 Å². The highest BCUT2D eigenvalue weighted by molar-refractivity contribution is 7.89. The Morgan fingerprint density at radius 3 is 2.42 bits per heavy atom. The first-order valence-electron chi connectivity index (χ1n) is 11.2. The number of piperidine rings is 1. The maximum Gasteiger partial charge on any atom is 0.253 e. The highest BCUT2D eigenvalue weighted by atomic mass is 32.2. The van der Waals surface area contributed by atoms with Gasteiger partial charge < -0.3 is 19.7 Å². The van der Waals surface area contributed by atoms with Gasteiger partial charge in [-0.3, -0.25) is 4.79 Å². The smallest absolute Gasteiger partial charge is 0.253 e. The van der Waals surface area contributed by atoms with Gasteiger partial charge >= 0.3 is 0 Å². The maximum atomic E-state index is 12.9. The van der Waals surface area contributed by atoms with E-state index < -0.39 is 10.0 Å². The molecule has 0 unspecified atom stereocenters. The molecule has 0 radical (unpaired) electrons. The van der Waals surface area contributed by atoms with Gasteiger partial charge in [-0.25, -0.2) is 13.1 Å². The van der Waals surface area contributed by atoms with Crippen molar-refractivity contribution in [3.05, 3.63) is 53.6 Å². The van der Waals surface area contributed by atoms with Crippen molar-refractivity contribution in [2.75, 3.05) is 44.5 Å². The Morgan fingerprint density at radius 2 is 1.76 bits per heavy atom. The first kappa shape index (κ1) is 24.9. The number of hydrogen-bond donors (Lipinski definition) is 2. The third-order valence-corrected chi connectivity index (χ3v) is 7.31. The molecular weight excluding hydrogens is 442 g/mol. The predicted octanol–water partition coefficient (Wildman–Crippen LogP) is 2.58. The van der Waals surface area contributed by atoms with Gasteiger partial charge in [-0.05, 0) is 56.0 Å². The molecular formula is C24H33N3O5S. The van der Waals surface area contributed by atoms with E-state index in [2.05, 4.69) is 14.9 Å². The summed E-state index contributed by atoms with van der Waals surface area (Å²) in [6.45, 7) is 3.50. The average molecular weight is 476 g/mol. The lowest BCUT2D eigenvalue weighted by Gasteiger charge is -2.34. The molecule has 0 aromatic heterocycles. The highest BCUT2D eigenvalue weighted by Crippen LogP contribution is 2.28. The summed E-state index contributed by atoms with van der Waals surface area (Å²) in [5.74, 6) is 1.29. The standard InChI is InChI=1S/C24H33N3O5S/c1-4-33(29,30)26-19-12-15-27(16-13-19)21-8-6-5-7-20(21)24(28)25-14-11-18-9-10-22(31-2)23(17-18)32-3/h5-10,17,19,26H,4,11-16H2,1-3H3,(H,25,28). The quantitative estimate of drug-likeness (QED) is 0.548.